The number of aliphatic hydroxyl groups excluding tert-OH is 1. The second-order valence-corrected chi connectivity index (χ2v) is 31.4. The van der Waals surface area contributed by atoms with E-state index in [0.717, 1.165) is 64.0 Å². The number of halogens is 17. The summed E-state index contributed by atoms with van der Waals surface area (Å²) in [5.41, 5.74) is -1.58. The molecule has 0 radical (unpaired) electrons. The number of rotatable bonds is 15. The van der Waals surface area contributed by atoms with Crippen LogP contribution < -0.4 is 18.9 Å². The van der Waals surface area contributed by atoms with Gasteiger partial charge in [0, 0.05) is 42.9 Å². The van der Waals surface area contributed by atoms with Crippen molar-refractivity contribution in [3.05, 3.63) is 222 Å². The Balaban J connectivity index is -0.000000124. The number of aldehydes is 2. The summed E-state index contributed by atoms with van der Waals surface area (Å²) in [6.45, 7) is 3.85. The number of carboxylic acid groups (broad SMARTS) is 2. The number of esters is 4. The third-order valence-corrected chi connectivity index (χ3v) is 13.6. The van der Waals surface area contributed by atoms with Gasteiger partial charge in [0.05, 0.1) is 87.2 Å². The topological polar surface area (TPSA) is 591 Å². The molecular weight excluding hydrogens is 1800 g/mol. The molecule has 0 bridgehead atoms. The molecule has 35 nitrogen and oxygen atoms in total. The van der Waals surface area contributed by atoms with Gasteiger partial charge < -0.3 is 45.2 Å². The van der Waals surface area contributed by atoms with Gasteiger partial charge in [0.15, 0.2) is 32.9 Å². The smallest absolute Gasteiger partial charge is 0.870 e. The molecule has 6 aromatic rings. The van der Waals surface area contributed by atoms with E-state index < -0.39 is 146 Å². The molecule has 2 unspecified atom stereocenters. The first-order valence-electron chi connectivity index (χ1n) is 28.8. The Morgan fingerprint density at radius 3 is 0.958 bits per heavy atom. The molecular formula is C63H76Cl2F15LiO35S3Si. The van der Waals surface area contributed by atoms with Crippen molar-refractivity contribution in [1.29, 1.82) is 0 Å². The zero-order valence-corrected chi connectivity index (χ0v) is 67.1. The number of ether oxygens (including phenoxy) is 4. The molecule has 0 amide bonds. The molecule has 0 fully saturated rings. The van der Waals surface area contributed by atoms with Crippen molar-refractivity contribution in [3.8, 4) is 0 Å². The third kappa shape index (κ3) is 66.5. The van der Waals surface area contributed by atoms with Gasteiger partial charge in [0.1, 0.15) is 0 Å². The van der Waals surface area contributed by atoms with E-state index in [4.69, 9.17) is 63.8 Å². The maximum Gasteiger partial charge on any atom is 1.00 e. The van der Waals surface area contributed by atoms with Gasteiger partial charge in [-0.05, 0) is 57.6 Å². The number of benzene rings is 6. The first-order chi connectivity index (χ1) is 52.4. The van der Waals surface area contributed by atoms with Crippen LogP contribution in [0.4, 0.5) is 65.9 Å². The Kier molecular flexibility index (Phi) is 73.2. The number of hydrogen-bond acceptors (Lipinski definition) is 30. The normalized spacial score (nSPS) is 10.9. The van der Waals surface area contributed by atoms with Gasteiger partial charge in [-0.25, -0.2) is 58.2 Å². The summed E-state index contributed by atoms with van der Waals surface area (Å²) in [5, 5.41) is 60.7. The Hall–Kier alpha value is -9.25. The minimum absolute atomic E-state index is 0. The number of hydrogen-bond donors (Lipinski definition) is 9. The number of alkyl halides is 15. The molecule has 0 saturated carbocycles. The summed E-state index contributed by atoms with van der Waals surface area (Å²) in [4.78, 5) is 100. The van der Waals surface area contributed by atoms with Crippen LogP contribution in [0.25, 0.3) is 0 Å². The summed E-state index contributed by atoms with van der Waals surface area (Å²) in [5.74, 6) is -9.52. The van der Waals surface area contributed by atoms with E-state index in [9.17, 15) is 121 Å². The fourth-order valence-electron chi connectivity index (χ4n) is 6.68. The van der Waals surface area contributed by atoms with Gasteiger partial charge in [0.2, 0.25) is 9.05 Å². The molecule has 680 valence electrons. The molecule has 0 saturated heterocycles. The summed E-state index contributed by atoms with van der Waals surface area (Å²) >= 11 is 0. The van der Waals surface area contributed by atoms with Crippen molar-refractivity contribution in [3.63, 3.8) is 0 Å². The van der Waals surface area contributed by atoms with Crippen LogP contribution >= 0.6 is 23.1 Å². The standard InChI is InChI=1S/C11H11F3O5S.C10H9F3O3.C10H9F3O2.C9H7F3O2.C9H8O3.C8H6O3.C4H9F3Si.CH3ClO2S.CH4.ClH.Li.H2O4S.H2O4.H2O3.O2.2H2O/c1-18-10(15)8-6-4-3-5-7(8)9(11(12,13)14)19-20(2,16)17;1-16-9(15)7-5-3-2-4-6(7)8(14)10(11,12)13;1-15-9(14)8-5-3-2-4-7(8)6-10(11,12)13;10-9(11,12)5-6-3-1-2-4-7(6)8(13)14;1-12-9(11)8-5-3-2-4-7(8)6-10;9-5-6-3-1-2-4-7(6)8(10)11;1-8(2,3)4(5,6)7;1-5(2,3)4;;;;1-5(2,3)4;1-3-4-2;1-3-2;1-2;;/h3-6,9H,1-2H3;2-5,8,14H,1H3;2-5H,6H2,1H3;1-4H,5H2,(H,13,14);2-6H,1H3;1-5H,(H,10,11);1-3H3;1H3;1H4;1H;;(H2,1,2,3,4);1-2H;1-2H;;2*1H2/q;;;;;;;;;;+1;;;;;;/p-1. The van der Waals surface area contributed by atoms with E-state index in [1.165, 1.54) is 99.5 Å². The van der Waals surface area contributed by atoms with Crippen LogP contribution in [0.5, 0.6) is 0 Å². The van der Waals surface area contributed by atoms with Crippen LogP contribution in [0, 0.1) is 9.93 Å². The number of methoxy groups -OCH3 is 4. The molecule has 0 aliphatic rings. The molecule has 57 heteroatoms. The van der Waals surface area contributed by atoms with Crippen molar-refractivity contribution in [1.82, 2.24) is 0 Å². The van der Waals surface area contributed by atoms with Gasteiger partial charge in [-0.3, -0.25) is 22.9 Å². The Labute approximate surface area is 694 Å². The number of carboxylic acids is 2. The molecule has 6 rings (SSSR count). The second kappa shape index (κ2) is 65.5. The van der Waals surface area contributed by atoms with Crippen LogP contribution in [0.3, 0.4) is 0 Å². The Morgan fingerprint density at radius 2 is 0.700 bits per heavy atom. The summed E-state index contributed by atoms with van der Waals surface area (Å²) in [6.07, 6.45) is -23.8. The zero-order chi connectivity index (χ0) is 91.5. The van der Waals surface area contributed by atoms with Crippen LogP contribution in [-0.2, 0) is 80.7 Å². The van der Waals surface area contributed by atoms with Gasteiger partial charge in [-0.2, -0.15) is 82.7 Å². The Bertz CT molecular complexity index is 4260. The van der Waals surface area contributed by atoms with Crippen molar-refractivity contribution in [2.45, 2.75) is 82.6 Å². The first kappa shape index (κ1) is 134. The molecule has 12 N–H and O–H groups in total. The maximum atomic E-state index is 12.9. The molecule has 120 heavy (non-hydrogen) atoms. The number of carbonyl (C=O) groups is 8. The van der Waals surface area contributed by atoms with Crippen molar-refractivity contribution in [2.75, 3.05) is 41.0 Å². The van der Waals surface area contributed by atoms with E-state index in [0.29, 0.717) is 30.0 Å². The second-order valence-electron chi connectivity index (χ2n) is 20.8. The SMILES string of the molecule is C.COC(=O)c1ccccc1C(O)C(F)(F)F.COC(=O)c1ccccc1C(OS(C)(=O)=O)C(F)(F)F.COC(=O)c1ccccc1C=O.COC(=O)c1ccccc1CC(F)(F)F.CS(=O)(=O)Cl.C[Si](C)(C)C(F)(F)F.Cl.O.O=C(O)c1ccccc1CC(F)(F)F.O=Cc1ccccc1C(=O)O.O=O.O=S(=O)(O)O.OOO.OOOO.[Li+].[OH-]. The predicted octanol–water partition coefficient (Wildman–Crippen LogP) is 10.6. The Morgan fingerprint density at radius 1 is 0.467 bits per heavy atom. The minimum Gasteiger partial charge on any atom is -0.870 e. The van der Waals surface area contributed by atoms with Crippen LogP contribution in [-0.4, -0.2) is 210 Å². The monoisotopic (exact) mass is 1880 g/mol. The van der Waals surface area contributed by atoms with Gasteiger partial charge in [-0.15, -0.1) is 12.4 Å². The summed E-state index contributed by atoms with van der Waals surface area (Å²) < 4.78 is 277. The van der Waals surface area contributed by atoms with Gasteiger partial charge >= 0.3 is 95.6 Å². The summed E-state index contributed by atoms with van der Waals surface area (Å²) in [7, 11) is -6.13. The van der Waals surface area contributed by atoms with E-state index in [1.54, 1.807) is 36.4 Å². The fraction of sp³-hybridized carbons (Fsp3) is 0.302. The summed E-state index contributed by atoms with van der Waals surface area (Å²) in [6, 6.07) is 32.6. The molecule has 0 spiro atoms. The molecule has 0 heterocycles. The molecule has 6 aromatic carbocycles. The fourth-order valence-corrected chi connectivity index (χ4v) is 7.24. The predicted molar refractivity (Wildman–Crippen MR) is 388 cm³/mol. The number of carbonyl (C=O) groups excluding carboxylic acids is 6. The van der Waals surface area contributed by atoms with E-state index >= 15 is 0 Å². The molecule has 0 aliphatic heterocycles. The largest absolute Gasteiger partial charge is 1.00 e. The average molecular weight is 1880 g/mol. The molecule has 2 atom stereocenters. The average Bonchev–Trinajstić information content (AvgIpc) is 0.805. The maximum absolute atomic E-state index is 12.9. The quantitative estimate of drug-likeness (QED) is 0.00440. The van der Waals surface area contributed by atoms with Crippen molar-refractivity contribution < 1.29 is 243 Å². The molecule has 0 aliphatic carbocycles. The van der Waals surface area contributed by atoms with Gasteiger partial charge in [0.25, 0.3) is 10.1 Å². The van der Waals surface area contributed by atoms with Crippen LogP contribution in [0.15, 0.2) is 146 Å². The van der Waals surface area contributed by atoms with Crippen molar-refractivity contribution in [2.24, 2.45) is 0 Å². The van der Waals surface area contributed by atoms with Crippen LogP contribution in [0.2, 0.25) is 19.6 Å². The van der Waals surface area contributed by atoms with Crippen LogP contribution in [0.1, 0.15) is 125 Å². The van der Waals surface area contributed by atoms with E-state index in [2.05, 4.69) is 48.9 Å². The van der Waals surface area contributed by atoms with E-state index in [-0.39, 0.29) is 88.6 Å². The number of aliphatic hydroxyl groups is 1. The molecule has 0 aromatic heterocycles. The van der Waals surface area contributed by atoms with Crippen molar-refractivity contribution >= 4 is 109 Å². The first-order valence-corrected chi connectivity index (χ1v) is 38.3. The van der Waals surface area contributed by atoms with E-state index in [1.807, 2.05) is 0 Å². The van der Waals surface area contributed by atoms with Gasteiger partial charge in [-0.1, -0.05) is 141 Å². The minimum atomic E-state index is -5.01. The third-order valence-electron chi connectivity index (χ3n) is 11.3. The number of aromatic carboxylic acids is 2. The zero-order valence-electron chi connectivity index (χ0n) is 62.0.